The van der Waals surface area contributed by atoms with Gasteiger partial charge in [-0.05, 0) is 37.5 Å². The van der Waals surface area contributed by atoms with Crippen molar-refractivity contribution in [2.24, 2.45) is 10.7 Å². The Morgan fingerprint density at radius 1 is 1.26 bits per heavy atom. The minimum absolute atomic E-state index is 0. The minimum atomic E-state index is -0.415. The Labute approximate surface area is 177 Å². The van der Waals surface area contributed by atoms with Crippen LogP contribution in [0, 0.1) is 0 Å². The number of rotatable bonds is 5. The molecule has 3 rings (SSSR count). The lowest BCUT2D eigenvalue weighted by molar-refractivity contribution is -0.0817. The number of aliphatic imine (C=N–C) groups is 1. The third-order valence-corrected chi connectivity index (χ3v) is 4.76. The van der Waals surface area contributed by atoms with Crippen molar-refractivity contribution in [3.63, 3.8) is 0 Å². The number of halogens is 1. The van der Waals surface area contributed by atoms with Crippen molar-refractivity contribution in [1.82, 2.24) is 10.2 Å². The van der Waals surface area contributed by atoms with Gasteiger partial charge in [-0.25, -0.2) is 4.99 Å². The number of amides is 1. The van der Waals surface area contributed by atoms with Crippen LogP contribution < -0.4 is 11.1 Å². The molecule has 2 unspecified atom stereocenters. The maximum atomic E-state index is 11.2. The van der Waals surface area contributed by atoms with Crippen LogP contribution in [-0.4, -0.2) is 61.8 Å². The molecule has 1 amide bonds. The summed E-state index contributed by atoms with van der Waals surface area (Å²) in [4.78, 5) is 18.2. The van der Waals surface area contributed by atoms with Crippen LogP contribution in [0.25, 0.3) is 0 Å². The number of nitrogens with one attached hydrogen (secondary N) is 1. The first-order valence-electron chi connectivity index (χ1n) is 9.32. The van der Waals surface area contributed by atoms with E-state index in [2.05, 4.69) is 17.1 Å². The second-order valence-electron chi connectivity index (χ2n) is 6.64. The quantitative estimate of drug-likeness (QED) is 0.375. The molecule has 0 saturated carbocycles. The molecule has 27 heavy (non-hydrogen) atoms. The van der Waals surface area contributed by atoms with Crippen LogP contribution >= 0.6 is 24.0 Å². The third-order valence-electron chi connectivity index (χ3n) is 4.76. The van der Waals surface area contributed by atoms with Gasteiger partial charge in [0.15, 0.2) is 5.96 Å². The maximum absolute atomic E-state index is 11.2. The molecule has 7 nitrogen and oxygen atoms in total. The van der Waals surface area contributed by atoms with E-state index in [4.69, 9.17) is 20.2 Å². The van der Waals surface area contributed by atoms with Crippen molar-refractivity contribution < 1.29 is 14.3 Å². The fourth-order valence-corrected chi connectivity index (χ4v) is 3.35. The van der Waals surface area contributed by atoms with Crippen LogP contribution in [0.4, 0.5) is 0 Å². The number of hydrogen-bond acceptors (Lipinski definition) is 4. The normalized spacial score (nSPS) is 23.0. The van der Waals surface area contributed by atoms with Crippen LogP contribution in [0.1, 0.15) is 35.7 Å². The first-order chi connectivity index (χ1) is 12.7. The summed E-state index contributed by atoms with van der Waals surface area (Å²) in [5.74, 6) is 0.472. The Bertz CT molecular complexity index is 632. The number of nitrogens with two attached hydrogens (primary N) is 1. The van der Waals surface area contributed by atoms with Gasteiger partial charge in [0.2, 0.25) is 5.91 Å². The molecule has 8 heteroatoms. The van der Waals surface area contributed by atoms with E-state index in [9.17, 15) is 4.79 Å². The van der Waals surface area contributed by atoms with E-state index < -0.39 is 5.91 Å². The molecule has 150 valence electrons. The smallest absolute Gasteiger partial charge is 0.248 e. The highest BCUT2D eigenvalue weighted by Crippen LogP contribution is 2.21. The molecule has 1 aromatic rings. The predicted octanol–water partition coefficient (Wildman–Crippen LogP) is 1.75. The number of morpholine rings is 1. The van der Waals surface area contributed by atoms with E-state index in [1.54, 1.807) is 12.1 Å². The summed E-state index contributed by atoms with van der Waals surface area (Å²) in [6.45, 7) is 6.54. The van der Waals surface area contributed by atoms with Gasteiger partial charge < -0.3 is 25.4 Å². The van der Waals surface area contributed by atoms with Gasteiger partial charge in [-0.2, -0.15) is 0 Å². The SMILES string of the molecule is CCNC(=NCc1ccc(C(N)=O)cc1)N1CCOC(C2CCCO2)C1.I. The van der Waals surface area contributed by atoms with Crippen LogP contribution in [0.15, 0.2) is 29.3 Å². The van der Waals surface area contributed by atoms with Gasteiger partial charge in [0.25, 0.3) is 0 Å². The van der Waals surface area contributed by atoms with Gasteiger partial charge in [-0.1, -0.05) is 12.1 Å². The number of benzene rings is 1. The van der Waals surface area contributed by atoms with Crippen molar-refractivity contribution in [3.05, 3.63) is 35.4 Å². The number of primary amides is 1. The largest absolute Gasteiger partial charge is 0.375 e. The molecule has 2 heterocycles. The van der Waals surface area contributed by atoms with Crippen LogP contribution in [0.3, 0.4) is 0 Å². The molecule has 3 N–H and O–H groups in total. The number of carbonyl (C=O) groups is 1. The second kappa shape index (κ2) is 10.8. The van der Waals surface area contributed by atoms with E-state index in [0.29, 0.717) is 18.7 Å². The third kappa shape index (κ3) is 6.05. The average molecular weight is 488 g/mol. The molecule has 2 aliphatic heterocycles. The molecule has 2 fully saturated rings. The summed E-state index contributed by atoms with van der Waals surface area (Å²) in [5.41, 5.74) is 6.83. The van der Waals surface area contributed by atoms with Gasteiger partial charge in [0.1, 0.15) is 6.10 Å². The van der Waals surface area contributed by atoms with Gasteiger partial charge in [0, 0.05) is 31.8 Å². The Morgan fingerprint density at radius 2 is 2.00 bits per heavy atom. The fraction of sp³-hybridized carbons (Fsp3) is 0.579. The Morgan fingerprint density at radius 3 is 2.63 bits per heavy atom. The summed E-state index contributed by atoms with van der Waals surface area (Å²) in [6.07, 6.45) is 2.48. The van der Waals surface area contributed by atoms with Crippen LogP contribution in [0.5, 0.6) is 0 Å². The first-order valence-corrected chi connectivity index (χ1v) is 9.32. The monoisotopic (exact) mass is 488 g/mol. The van der Waals surface area contributed by atoms with Crippen molar-refractivity contribution in [3.8, 4) is 0 Å². The van der Waals surface area contributed by atoms with E-state index in [1.165, 1.54) is 0 Å². The van der Waals surface area contributed by atoms with Gasteiger partial charge in [-0.3, -0.25) is 4.79 Å². The zero-order valence-electron chi connectivity index (χ0n) is 15.7. The van der Waals surface area contributed by atoms with Crippen molar-refractivity contribution >= 4 is 35.8 Å². The molecule has 2 atom stereocenters. The number of guanidine groups is 1. The summed E-state index contributed by atoms with van der Waals surface area (Å²) in [7, 11) is 0. The summed E-state index contributed by atoms with van der Waals surface area (Å²) in [5, 5.41) is 3.37. The number of carbonyl (C=O) groups excluding carboxylic acids is 1. The highest BCUT2D eigenvalue weighted by molar-refractivity contribution is 14.0. The summed E-state index contributed by atoms with van der Waals surface area (Å²) in [6, 6.07) is 7.26. The molecule has 1 aromatic carbocycles. The zero-order chi connectivity index (χ0) is 18.4. The van der Waals surface area contributed by atoms with Gasteiger partial charge in [-0.15, -0.1) is 24.0 Å². The molecule has 0 radical (unpaired) electrons. The maximum Gasteiger partial charge on any atom is 0.248 e. The average Bonchev–Trinajstić information content (AvgIpc) is 3.20. The van der Waals surface area contributed by atoms with Crippen molar-refractivity contribution in [2.75, 3.05) is 32.8 Å². The Kier molecular flexibility index (Phi) is 8.78. The van der Waals surface area contributed by atoms with Crippen LogP contribution in [0.2, 0.25) is 0 Å². The van der Waals surface area contributed by atoms with Gasteiger partial charge >= 0.3 is 0 Å². The lowest BCUT2D eigenvalue weighted by atomic mass is 10.1. The summed E-state index contributed by atoms with van der Waals surface area (Å²) >= 11 is 0. The molecule has 2 saturated heterocycles. The molecule has 2 aliphatic rings. The lowest BCUT2D eigenvalue weighted by Crippen LogP contribution is -2.53. The molecular weight excluding hydrogens is 459 g/mol. The number of hydrogen-bond donors (Lipinski definition) is 2. The molecule has 0 bridgehead atoms. The van der Waals surface area contributed by atoms with Crippen molar-refractivity contribution in [2.45, 2.75) is 38.5 Å². The molecule has 0 spiro atoms. The van der Waals surface area contributed by atoms with Crippen LogP contribution in [-0.2, 0) is 16.0 Å². The second-order valence-corrected chi connectivity index (χ2v) is 6.64. The summed E-state index contributed by atoms with van der Waals surface area (Å²) < 4.78 is 11.7. The van der Waals surface area contributed by atoms with E-state index in [0.717, 1.165) is 50.6 Å². The Hall–Kier alpha value is -1.39. The highest BCUT2D eigenvalue weighted by Gasteiger charge is 2.32. The van der Waals surface area contributed by atoms with E-state index in [-0.39, 0.29) is 36.2 Å². The molecule has 0 aliphatic carbocycles. The highest BCUT2D eigenvalue weighted by atomic mass is 127. The standard InChI is InChI=1S/C19H28N4O3.HI/c1-2-21-19(22-12-14-5-7-15(8-6-14)18(20)24)23-9-11-26-17(13-23)16-4-3-10-25-16;/h5-8,16-17H,2-4,9-13H2,1H3,(H2,20,24)(H,21,22);1H. The van der Waals surface area contributed by atoms with E-state index in [1.807, 2.05) is 12.1 Å². The number of ether oxygens (including phenoxy) is 2. The predicted molar refractivity (Wildman–Crippen MR) is 115 cm³/mol. The molecule has 0 aromatic heterocycles. The topological polar surface area (TPSA) is 89.2 Å². The lowest BCUT2D eigenvalue weighted by Gasteiger charge is -2.37. The minimum Gasteiger partial charge on any atom is -0.375 e. The van der Waals surface area contributed by atoms with E-state index >= 15 is 0 Å². The zero-order valence-corrected chi connectivity index (χ0v) is 18.1. The molecular formula is C19H29IN4O3. The number of nitrogens with zero attached hydrogens (tertiary/aromatic N) is 2. The van der Waals surface area contributed by atoms with Crippen molar-refractivity contribution in [1.29, 1.82) is 0 Å². The fourth-order valence-electron chi connectivity index (χ4n) is 3.35. The Balaban J connectivity index is 0.00000261. The van der Waals surface area contributed by atoms with Gasteiger partial charge in [0.05, 0.1) is 19.3 Å². The first kappa shape index (κ1) is 21.9.